The summed E-state index contributed by atoms with van der Waals surface area (Å²) in [4.78, 5) is 20.2. The van der Waals surface area contributed by atoms with Gasteiger partial charge in [0.05, 0.1) is 30.9 Å². The summed E-state index contributed by atoms with van der Waals surface area (Å²) >= 11 is 3.23. The third-order valence-corrected chi connectivity index (χ3v) is 9.22. The largest absolute Gasteiger partial charge is 0.481 e. The smallest absolute Gasteiger partial charge is 0.214 e. The topological polar surface area (TPSA) is 142 Å². The lowest BCUT2D eigenvalue weighted by atomic mass is 10.2. The van der Waals surface area contributed by atoms with Crippen LogP contribution in [0, 0.1) is 5.82 Å². The van der Waals surface area contributed by atoms with Gasteiger partial charge >= 0.3 is 0 Å². The quantitative estimate of drug-likeness (QED) is 0.172. The fraction of sp³-hybridized carbons (Fsp3) is 0.241. The fourth-order valence-corrected chi connectivity index (χ4v) is 7.16. The Morgan fingerprint density at radius 2 is 1.44 bits per heavy atom. The second kappa shape index (κ2) is 11.9. The van der Waals surface area contributed by atoms with Crippen molar-refractivity contribution in [3.63, 3.8) is 0 Å². The van der Waals surface area contributed by atoms with Gasteiger partial charge in [-0.15, -0.1) is 22.7 Å². The Kier molecular flexibility index (Phi) is 7.51. The number of aromatic nitrogens is 8. The molecule has 6 aromatic heterocycles. The molecule has 0 saturated heterocycles. The van der Waals surface area contributed by atoms with E-state index in [0.717, 1.165) is 77.7 Å². The summed E-state index contributed by atoms with van der Waals surface area (Å²) in [6.07, 6.45) is 11.4. The van der Waals surface area contributed by atoms with E-state index in [1.807, 2.05) is 30.6 Å². The van der Waals surface area contributed by atoms with Crippen LogP contribution in [0.5, 0.6) is 5.88 Å². The number of thiazole rings is 2. The van der Waals surface area contributed by atoms with E-state index in [-0.39, 0.29) is 11.6 Å². The van der Waals surface area contributed by atoms with Crippen molar-refractivity contribution in [3.8, 4) is 28.4 Å². The summed E-state index contributed by atoms with van der Waals surface area (Å²) in [6, 6.07) is 8.57. The van der Waals surface area contributed by atoms with E-state index in [1.165, 1.54) is 21.5 Å². The summed E-state index contributed by atoms with van der Waals surface area (Å²) in [5.74, 6) is 1.14. The number of aromatic amines is 2. The van der Waals surface area contributed by atoms with E-state index in [2.05, 4.69) is 46.0 Å². The molecule has 0 atom stereocenters. The monoisotopic (exact) mass is 614 g/mol. The number of nitrogens with zero attached hydrogens (tertiary/aromatic N) is 6. The number of pyridine rings is 2. The first-order valence-electron chi connectivity index (χ1n) is 13.8. The first-order chi connectivity index (χ1) is 21.1. The summed E-state index contributed by atoms with van der Waals surface area (Å²) < 4.78 is 18.8. The number of fused-ring (bicyclic) bond motifs is 6. The molecule has 6 aromatic rings. The van der Waals surface area contributed by atoms with Crippen molar-refractivity contribution in [1.82, 2.24) is 40.3 Å². The molecule has 0 amide bonds. The minimum Gasteiger partial charge on any atom is -0.481 e. The first-order valence-corrected chi connectivity index (χ1v) is 15.5. The van der Waals surface area contributed by atoms with Crippen molar-refractivity contribution in [1.29, 1.82) is 0 Å². The molecule has 0 unspecified atom stereocenters. The molecule has 0 saturated carbocycles. The molecular formula is C29H27FN10OS2. The van der Waals surface area contributed by atoms with Crippen molar-refractivity contribution < 1.29 is 9.13 Å². The normalized spacial score (nSPS) is 13.3. The maximum absolute atomic E-state index is 13.7. The van der Waals surface area contributed by atoms with Crippen molar-refractivity contribution in [2.24, 2.45) is 0 Å². The van der Waals surface area contributed by atoms with Gasteiger partial charge in [-0.1, -0.05) is 6.07 Å². The molecule has 218 valence electrons. The Morgan fingerprint density at radius 3 is 2.07 bits per heavy atom. The molecule has 0 bridgehead atoms. The van der Waals surface area contributed by atoms with E-state index in [0.29, 0.717) is 11.0 Å². The van der Waals surface area contributed by atoms with Gasteiger partial charge in [0.1, 0.15) is 5.82 Å². The van der Waals surface area contributed by atoms with Crippen LogP contribution in [-0.2, 0) is 25.7 Å². The highest BCUT2D eigenvalue weighted by Gasteiger charge is 2.22. The summed E-state index contributed by atoms with van der Waals surface area (Å²) in [5, 5.41) is 22.1. The van der Waals surface area contributed by atoms with Crippen molar-refractivity contribution in [2.75, 3.05) is 17.7 Å². The van der Waals surface area contributed by atoms with Gasteiger partial charge in [-0.05, 0) is 56.7 Å². The van der Waals surface area contributed by atoms with Crippen LogP contribution in [-0.4, -0.2) is 47.4 Å². The van der Waals surface area contributed by atoms with E-state index in [4.69, 9.17) is 9.72 Å². The van der Waals surface area contributed by atoms with E-state index < -0.39 is 0 Å². The molecule has 8 rings (SSSR count). The van der Waals surface area contributed by atoms with Gasteiger partial charge in [0.15, 0.2) is 21.9 Å². The van der Waals surface area contributed by atoms with Crippen LogP contribution in [0.15, 0.2) is 48.9 Å². The molecule has 4 N–H and O–H groups in total. The van der Waals surface area contributed by atoms with Gasteiger partial charge in [-0.3, -0.25) is 10.2 Å². The molecule has 2 aliphatic rings. The second-order valence-electron chi connectivity index (χ2n) is 9.96. The minimum absolute atomic E-state index is 0.203. The molecular weight excluding hydrogens is 588 g/mol. The van der Waals surface area contributed by atoms with Gasteiger partial charge in [-0.2, -0.15) is 15.2 Å². The number of ether oxygens (including phenoxy) is 1. The molecule has 2 aliphatic carbocycles. The third kappa shape index (κ3) is 5.70. The summed E-state index contributed by atoms with van der Waals surface area (Å²) in [5.41, 5.74) is 6.45. The van der Waals surface area contributed by atoms with Crippen LogP contribution < -0.4 is 15.4 Å². The van der Waals surface area contributed by atoms with Gasteiger partial charge in [0, 0.05) is 44.5 Å². The zero-order chi connectivity index (χ0) is 29.2. The Bertz CT molecular complexity index is 1880. The lowest BCUT2D eigenvalue weighted by molar-refractivity contribution is 0.398. The molecule has 0 aromatic carbocycles. The number of rotatable bonds is 5. The Hall–Kier alpha value is -4.69. The first kappa shape index (κ1) is 27.2. The Balaban J connectivity index is 0.000000140. The highest BCUT2D eigenvalue weighted by molar-refractivity contribution is 7.16. The minimum atomic E-state index is -0.383. The Labute approximate surface area is 254 Å². The molecule has 0 spiro atoms. The number of anilines is 4. The van der Waals surface area contributed by atoms with E-state index in [9.17, 15) is 4.39 Å². The predicted molar refractivity (Wildman–Crippen MR) is 165 cm³/mol. The average Bonchev–Trinajstić information content (AvgIpc) is 3.80. The average molecular weight is 615 g/mol. The van der Waals surface area contributed by atoms with Crippen LogP contribution >= 0.6 is 22.7 Å². The molecule has 0 radical (unpaired) electrons. The Morgan fingerprint density at radius 1 is 0.791 bits per heavy atom. The number of methoxy groups -OCH3 is 1. The van der Waals surface area contributed by atoms with Gasteiger partial charge in [0.25, 0.3) is 0 Å². The van der Waals surface area contributed by atoms with Gasteiger partial charge in [-0.25, -0.2) is 19.3 Å². The van der Waals surface area contributed by atoms with Crippen molar-refractivity contribution in [3.05, 3.63) is 75.9 Å². The number of aryl methyl sites for hydroxylation is 4. The van der Waals surface area contributed by atoms with Crippen LogP contribution in [0.2, 0.25) is 0 Å². The van der Waals surface area contributed by atoms with Crippen LogP contribution in [0.1, 0.15) is 34.0 Å². The molecule has 11 nitrogen and oxygen atoms in total. The van der Waals surface area contributed by atoms with Crippen molar-refractivity contribution in [2.45, 2.75) is 38.5 Å². The molecule has 0 fully saturated rings. The fourth-order valence-electron chi connectivity index (χ4n) is 5.12. The highest BCUT2D eigenvalue weighted by atomic mass is 32.1. The number of halogens is 1. The third-order valence-electron chi connectivity index (χ3n) is 7.15. The second-order valence-corrected chi connectivity index (χ2v) is 12.1. The SMILES string of the molecule is COc1cccc(Nc2nc3c(s2)CCCc2[nH]ncc2-3)n1.Fc1cccnc1Nc1nc2c(s1)CCCc1[nH]ncc1-2. The van der Waals surface area contributed by atoms with E-state index >= 15 is 0 Å². The maximum atomic E-state index is 13.7. The van der Waals surface area contributed by atoms with Crippen molar-refractivity contribution >= 4 is 44.6 Å². The number of hydrogen-bond acceptors (Lipinski definition) is 11. The number of hydrogen-bond donors (Lipinski definition) is 4. The molecule has 6 heterocycles. The zero-order valence-corrected chi connectivity index (χ0v) is 24.8. The van der Waals surface area contributed by atoms with Gasteiger partial charge < -0.3 is 15.4 Å². The summed E-state index contributed by atoms with van der Waals surface area (Å²) in [7, 11) is 1.61. The molecule has 0 aliphatic heterocycles. The molecule has 43 heavy (non-hydrogen) atoms. The predicted octanol–water partition coefficient (Wildman–Crippen LogP) is 6.47. The van der Waals surface area contributed by atoms with Crippen LogP contribution in [0.4, 0.5) is 26.3 Å². The van der Waals surface area contributed by atoms with E-state index in [1.54, 1.807) is 42.0 Å². The standard InChI is InChI=1S/C15H15N5OS.C14H12FN5S/c1-21-13-7-3-6-12(17-13)18-15-19-14-9-8-16-20-10(9)4-2-5-11(14)22-15;15-9-3-2-6-16-13(9)19-14-18-12-8-7-17-20-10(8)4-1-5-11(12)21-14/h3,6-8H,2,4-5H2,1H3,(H,16,20)(H,17,18,19);2-3,6-7H,1,4-5H2,(H,17,20)(H,16,18,19). The molecule has 14 heteroatoms. The highest BCUT2D eigenvalue weighted by Crippen LogP contribution is 2.38. The lowest BCUT2D eigenvalue weighted by Gasteiger charge is -2.03. The number of H-pyrrole nitrogens is 2. The lowest BCUT2D eigenvalue weighted by Crippen LogP contribution is -1.96. The van der Waals surface area contributed by atoms with Crippen LogP contribution in [0.3, 0.4) is 0 Å². The number of nitrogens with one attached hydrogen (secondary N) is 4. The van der Waals surface area contributed by atoms with Crippen LogP contribution in [0.25, 0.3) is 22.5 Å². The zero-order valence-electron chi connectivity index (χ0n) is 23.1. The maximum Gasteiger partial charge on any atom is 0.214 e. The van der Waals surface area contributed by atoms with Gasteiger partial charge in [0.2, 0.25) is 5.88 Å². The summed E-state index contributed by atoms with van der Waals surface area (Å²) in [6.45, 7) is 0.